The van der Waals surface area contributed by atoms with E-state index in [-0.39, 0.29) is 12.6 Å². The lowest BCUT2D eigenvalue weighted by Crippen LogP contribution is -2.21. The van der Waals surface area contributed by atoms with E-state index in [0.717, 1.165) is 18.7 Å². The van der Waals surface area contributed by atoms with Gasteiger partial charge in [-0.2, -0.15) is 0 Å². The molecule has 1 aliphatic rings. The number of hydrogen-bond acceptors (Lipinski definition) is 5. The fourth-order valence-corrected chi connectivity index (χ4v) is 1.85. The first-order valence-corrected chi connectivity index (χ1v) is 6.57. The Morgan fingerprint density at radius 2 is 2.26 bits per heavy atom. The van der Waals surface area contributed by atoms with Gasteiger partial charge in [-0.15, -0.1) is 0 Å². The number of esters is 1. The van der Waals surface area contributed by atoms with Crippen LogP contribution in [0, 0.1) is 0 Å². The third-order valence-electron chi connectivity index (χ3n) is 2.71. The van der Waals surface area contributed by atoms with E-state index in [1.807, 2.05) is 19.1 Å². The quantitative estimate of drug-likeness (QED) is 0.630. The Morgan fingerprint density at radius 3 is 3.11 bits per heavy atom. The molecule has 1 N–H and O–H groups in total. The van der Waals surface area contributed by atoms with Crippen LogP contribution in [0.3, 0.4) is 0 Å². The molecule has 0 amide bonds. The third kappa shape index (κ3) is 3.61. The van der Waals surface area contributed by atoms with Crippen molar-refractivity contribution < 1.29 is 19.0 Å². The van der Waals surface area contributed by atoms with Gasteiger partial charge in [-0.05, 0) is 18.6 Å². The van der Waals surface area contributed by atoms with Crippen molar-refractivity contribution in [3.05, 3.63) is 23.8 Å². The zero-order valence-electron chi connectivity index (χ0n) is 11.1. The SMILES string of the molecule is CCCOCCOC(=O)c1cccc2c1OCCN2. The van der Waals surface area contributed by atoms with E-state index in [1.54, 1.807) is 6.07 Å². The molecule has 0 radical (unpaired) electrons. The Morgan fingerprint density at radius 1 is 1.37 bits per heavy atom. The van der Waals surface area contributed by atoms with E-state index in [0.29, 0.717) is 31.1 Å². The van der Waals surface area contributed by atoms with E-state index >= 15 is 0 Å². The van der Waals surface area contributed by atoms with Crippen molar-refractivity contribution in [2.75, 3.05) is 38.3 Å². The molecule has 0 spiro atoms. The molecule has 1 aliphatic heterocycles. The van der Waals surface area contributed by atoms with Crippen LogP contribution < -0.4 is 10.1 Å². The second-order valence-electron chi connectivity index (χ2n) is 4.21. The lowest BCUT2D eigenvalue weighted by Gasteiger charge is -2.21. The van der Waals surface area contributed by atoms with Crippen molar-refractivity contribution in [2.24, 2.45) is 0 Å². The molecule has 0 saturated heterocycles. The van der Waals surface area contributed by atoms with Crippen LogP contribution in [-0.4, -0.2) is 38.9 Å². The molecule has 19 heavy (non-hydrogen) atoms. The zero-order chi connectivity index (χ0) is 13.5. The summed E-state index contributed by atoms with van der Waals surface area (Å²) in [6.07, 6.45) is 0.958. The highest BCUT2D eigenvalue weighted by molar-refractivity contribution is 5.95. The van der Waals surface area contributed by atoms with Crippen LogP contribution in [0.25, 0.3) is 0 Å². The maximum atomic E-state index is 12.0. The van der Waals surface area contributed by atoms with Crippen molar-refractivity contribution in [2.45, 2.75) is 13.3 Å². The summed E-state index contributed by atoms with van der Waals surface area (Å²) in [4.78, 5) is 12.0. The number of fused-ring (bicyclic) bond motifs is 1. The van der Waals surface area contributed by atoms with E-state index in [9.17, 15) is 4.79 Å². The number of para-hydroxylation sites is 1. The molecule has 5 nitrogen and oxygen atoms in total. The molecule has 0 bridgehead atoms. The number of anilines is 1. The second kappa shape index (κ2) is 6.99. The van der Waals surface area contributed by atoms with Crippen LogP contribution in [0.4, 0.5) is 5.69 Å². The summed E-state index contributed by atoms with van der Waals surface area (Å²) in [7, 11) is 0. The highest BCUT2D eigenvalue weighted by atomic mass is 16.6. The van der Waals surface area contributed by atoms with E-state index in [1.165, 1.54) is 0 Å². The first-order valence-electron chi connectivity index (χ1n) is 6.57. The molecule has 0 fully saturated rings. The number of hydrogen-bond donors (Lipinski definition) is 1. The van der Waals surface area contributed by atoms with Gasteiger partial charge < -0.3 is 19.5 Å². The van der Waals surface area contributed by atoms with Gasteiger partial charge in [0.25, 0.3) is 0 Å². The van der Waals surface area contributed by atoms with Crippen molar-refractivity contribution in [3.8, 4) is 5.75 Å². The first-order chi connectivity index (χ1) is 9.33. The molecule has 5 heteroatoms. The molecule has 0 unspecified atom stereocenters. The van der Waals surface area contributed by atoms with E-state index < -0.39 is 0 Å². The Hall–Kier alpha value is -1.75. The van der Waals surface area contributed by atoms with Gasteiger partial charge in [0.15, 0.2) is 5.75 Å². The molecule has 1 aromatic carbocycles. The summed E-state index contributed by atoms with van der Waals surface area (Å²) < 4.78 is 16.0. The van der Waals surface area contributed by atoms with Crippen molar-refractivity contribution >= 4 is 11.7 Å². The minimum atomic E-state index is -0.374. The van der Waals surface area contributed by atoms with E-state index in [4.69, 9.17) is 14.2 Å². The average Bonchev–Trinajstić information content (AvgIpc) is 2.46. The van der Waals surface area contributed by atoms with Crippen LogP contribution in [0.2, 0.25) is 0 Å². The summed E-state index contributed by atoms with van der Waals surface area (Å²) in [6, 6.07) is 5.40. The molecule has 1 aromatic rings. The van der Waals surface area contributed by atoms with E-state index in [2.05, 4.69) is 5.32 Å². The summed E-state index contributed by atoms with van der Waals surface area (Å²) in [5, 5.41) is 3.18. The number of carbonyl (C=O) groups is 1. The molecule has 0 atom stereocenters. The summed E-state index contributed by atoms with van der Waals surface area (Å²) in [5.41, 5.74) is 1.29. The van der Waals surface area contributed by atoms with Gasteiger partial charge in [0.2, 0.25) is 0 Å². The summed E-state index contributed by atoms with van der Waals surface area (Å²) in [6.45, 7) is 4.70. The van der Waals surface area contributed by atoms with Gasteiger partial charge in [0, 0.05) is 13.2 Å². The molecule has 1 heterocycles. The predicted octanol–water partition coefficient (Wildman–Crippen LogP) is 2.07. The molecule has 0 aromatic heterocycles. The molecule has 2 rings (SSSR count). The smallest absolute Gasteiger partial charge is 0.342 e. The molecule has 0 saturated carbocycles. The number of carbonyl (C=O) groups excluding carboxylic acids is 1. The maximum Gasteiger partial charge on any atom is 0.342 e. The topological polar surface area (TPSA) is 56.8 Å². The Kier molecular flexibility index (Phi) is 5.03. The standard InChI is InChI=1S/C14H19NO4/c1-2-7-17-9-10-19-14(16)11-4-3-5-12-13(11)18-8-6-15-12/h3-5,15H,2,6-10H2,1H3. The summed E-state index contributed by atoms with van der Waals surface area (Å²) in [5.74, 6) is 0.203. The molecule has 0 aliphatic carbocycles. The minimum Gasteiger partial charge on any atom is -0.489 e. The Bertz CT molecular complexity index is 433. The number of nitrogens with one attached hydrogen (secondary N) is 1. The zero-order valence-corrected chi connectivity index (χ0v) is 11.1. The molecule has 104 valence electrons. The predicted molar refractivity (Wildman–Crippen MR) is 71.8 cm³/mol. The van der Waals surface area contributed by atoms with Gasteiger partial charge in [-0.3, -0.25) is 0 Å². The lowest BCUT2D eigenvalue weighted by atomic mass is 10.1. The largest absolute Gasteiger partial charge is 0.489 e. The highest BCUT2D eigenvalue weighted by Crippen LogP contribution is 2.31. The van der Waals surface area contributed by atoms with Crippen LogP contribution in [0.15, 0.2) is 18.2 Å². The van der Waals surface area contributed by atoms with Crippen molar-refractivity contribution in [1.29, 1.82) is 0 Å². The van der Waals surface area contributed by atoms with Gasteiger partial charge in [0.05, 0.1) is 12.3 Å². The Labute approximate surface area is 112 Å². The number of benzene rings is 1. The monoisotopic (exact) mass is 265 g/mol. The molecular formula is C14H19NO4. The summed E-state index contributed by atoms with van der Waals surface area (Å²) >= 11 is 0. The average molecular weight is 265 g/mol. The fourth-order valence-electron chi connectivity index (χ4n) is 1.85. The van der Waals surface area contributed by atoms with Crippen LogP contribution in [0.1, 0.15) is 23.7 Å². The minimum absolute atomic E-state index is 0.260. The fraction of sp³-hybridized carbons (Fsp3) is 0.500. The first kappa shape index (κ1) is 13.7. The van der Waals surface area contributed by atoms with Crippen LogP contribution in [-0.2, 0) is 9.47 Å². The van der Waals surface area contributed by atoms with Gasteiger partial charge >= 0.3 is 5.97 Å². The number of ether oxygens (including phenoxy) is 3. The van der Waals surface area contributed by atoms with Crippen molar-refractivity contribution in [3.63, 3.8) is 0 Å². The van der Waals surface area contributed by atoms with Crippen LogP contribution >= 0.6 is 0 Å². The normalized spacial score (nSPS) is 13.1. The highest BCUT2D eigenvalue weighted by Gasteiger charge is 2.19. The Balaban J connectivity index is 1.92. The van der Waals surface area contributed by atoms with Crippen molar-refractivity contribution in [1.82, 2.24) is 0 Å². The second-order valence-corrected chi connectivity index (χ2v) is 4.21. The van der Waals surface area contributed by atoms with Gasteiger partial charge in [-0.25, -0.2) is 4.79 Å². The van der Waals surface area contributed by atoms with Gasteiger partial charge in [-0.1, -0.05) is 13.0 Å². The van der Waals surface area contributed by atoms with Crippen LogP contribution in [0.5, 0.6) is 5.75 Å². The van der Waals surface area contributed by atoms with Gasteiger partial charge in [0.1, 0.15) is 18.8 Å². The maximum absolute atomic E-state index is 12.0. The number of rotatable bonds is 6. The lowest BCUT2D eigenvalue weighted by molar-refractivity contribution is 0.0315. The third-order valence-corrected chi connectivity index (χ3v) is 2.71. The molecular weight excluding hydrogens is 246 g/mol.